The molecule has 2 saturated heterocycles. The SMILES string of the molecule is CCN(C(C)C)C1(c2ccc(B3OC(C)(C)C(C)(C)O3)cc2F)COC1. The van der Waals surface area contributed by atoms with Crippen molar-refractivity contribution in [2.24, 2.45) is 0 Å². The third kappa shape index (κ3) is 3.01. The highest BCUT2D eigenvalue weighted by Gasteiger charge is 2.52. The molecule has 0 spiro atoms. The maximum atomic E-state index is 15.2. The average molecular weight is 363 g/mol. The second-order valence-electron chi connectivity index (χ2n) is 8.73. The van der Waals surface area contributed by atoms with Gasteiger partial charge < -0.3 is 14.0 Å². The van der Waals surface area contributed by atoms with Crippen molar-refractivity contribution in [2.45, 2.75) is 71.2 Å². The molecule has 3 rings (SSSR count). The zero-order chi connectivity index (χ0) is 19.3. The lowest BCUT2D eigenvalue weighted by atomic mass is 9.76. The van der Waals surface area contributed by atoms with Crippen LogP contribution in [0.1, 0.15) is 54.0 Å². The molecule has 0 unspecified atom stereocenters. The van der Waals surface area contributed by atoms with Crippen LogP contribution in [0.5, 0.6) is 0 Å². The Kier molecular flexibility index (Phi) is 5.02. The van der Waals surface area contributed by atoms with E-state index in [2.05, 4.69) is 25.7 Å². The zero-order valence-corrected chi connectivity index (χ0v) is 17.1. The normalized spacial score (nSPS) is 23.5. The minimum absolute atomic E-state index is 0.223. The quantitative estimate of drug-likeness (QED) is 0.753. The Balaban J connectivity index is 1.91. The highest BCUT2D eigenvalue weighted by Crippen LogP contribution is 2.39. The van der Waals surface area contributed by atoms with Gasteiger partial charge in [0.15, 0.2) is 0 Å². The minimum atomic E-state index is -0.551. The summed E-state index contributed by atoms with van der Waals surface area (Å²) in [6, 6.07) is 5.68. The van der Waals surface area contributed by atoms with Crippen molar-refractivity contribution in [1.29, 1.82) is 0 Å². The van der Waals surface area contributed by atoms with E-state index in [1.165, 1.54) is 0 Å². The summed E-state index contributed by atoms with van der Waals surface area (Å²) in [5, 5.41) is 0. The molecule has 0 aromatic heterocycles. The van der Waals surface area contributed by atoms with E-state index in [0.717, 1.165) is 6.54 Å². The van der Waals surface area contributed by atoms with Gasteiger partial charge in [0.2, 0.25) is 0 Å². The Labute approximate surface area is 157 Å². The zero-order valence-electron chi connectivity index (χ0n) is 17.1. The first-order chi connectivity index (χ1) is 12.0. The molecule has 0 amide bonds. The summed E-state index contributed by atoms with van der Waals surface area (Å²) < 4.78 is 32.8. The van der Waals surface area contributed by atoms with Crippen LogP contribution in [0.3, 0.4) is 0 Å². The van der Waals surface area contributed by atoms with E-state index >= 15 is 4.39 Å². The van der Waals surface area contributed by atoms with E-state index in [1.54, 1.807) is 6.07 Å². The van der Waals surface area contributed by atoms with Crippen molar-refractivity contribution in [3.63, 3.8) is 0 Å². The fourth-order valence-electron chi connectivity index (χ4n) is 3.97. The Bertz CT molecular complexity index is 657. The van der Waals surface area contributed by atoms with E-state index in [0.29, 0.717) is 30.3 Å². The van der Waals surface area contributed by atoms with Crippen LogP contribution in [0.15, 0.2) is 18.2 Å². The Morgan fingerprint density at radius 2 is 1.69 bits per heavy atom. The van der Waals surface area contributed by atoms with Gasteiger partial charge in [-0.15, -0.1) is 0 Å². The van der Waals surface area contributed by atoms with E-state index < -0.39 is 18.3 Å². The monoisotopic (exact) mass is 363 g/mol. The number of nitrogens with zero attached hydrogens (tertiary/aromatic N) is 1. The van der Waals surface area contributed by atoms with E-state index in [9.17, 15) is 0 Å². The average Bonchev–Trinajstić information content (AvgIpc) is 2.71. The molecule has 144 valence electrons. The molecule has 2 aliphatic rings. The lowest BCUT2D eigenvalue weighted by molar-refractivity contribution is -0.156. The predicted octanol–water partition coefficient (Wildman–Crippen LogP) is 3.08. The molecule has 6 heteroatoms. The van der Waals surface area contributed by atoms with Gasteiger partial charge in [-0.1, -0.05) is 19.1 Å². The van der Waals surface area contributed by atoms with E-state index in [4.69, 9.17) is 14.0 Å². The van der Waals surface area contributed by atoms with Gasteiger partial charge in [0.25, 0.3) is 0 Å². The summed E-state index contributed by atoms with van der Waals surface area (Å²) in [7, 11) is -0.551. The molecule has 2 fully saturated rings. The molecular formula is C20H31BFNO3. The van der Waals surface area contributed by atoms with Gasteiger partial charge in [-0.25, -0.2) is 4.39 Å². The summed E-state index contributed by atoms with van der Waals surface area (Å²) in [4.78, 5) is 2.31. The molecule has 1 aromatic carbocycles. The molecule has 1 aromatic rings. The fourth-order valence-corrected chi connectivity index (χ4v) is 3.97. The van der Waals surface area contributed by atoms with Crippen LogP contribution in [-0.2, 0) is 19.6 Å². The predicted molar refractivity (Wildman–Crippen MR) is 102 cm³/mol. The second kappa shape index (κ2) is 6.59. The molecule has 0 radical (unpaired) electrons. The summed E-state index contributed by atoms with van der Waals surface area (Å²) in [5.41, 5.74) is 0.146. The molecule has 2 heterocycles. The van der Waals surface area contributed by atoms with Crippen molar-refractivity contribution in [1.82, 2.24) is 4.90 Å². The summed E-state index contributed by atoms with van der Waals surface area (Å²) >= 11 is 0. The van der Waals surface area contributed by atoms with Crippen LogP contribution in [0.2, 0.25) is 0 Å². The van der Waals surface area contributed by atoms with Crippen LogP contribution in [0.25, 0.3) is 0 Å². The Hall–Kier alpha value is -0.945. The third-order valence-corrected chi connectivity index (χ3v) is 6.22. The van der Waals surface area contributed by atoms with Crippen molar-refractivity contribution in [2.75, 3.05) is 19.8 Å². The van der Waals surface area contributed by atoms with Gasteiger partial charge in [0.1, 0.15) is 5.82 Å². The van der Waals surface area contributed by atoms with Crippen LogP contribution in [0, 0.1) is 5.82 Å². The molecule has 4 nitrogen and oxygen atoms in total. The summed E-state index contributed by atoms with van der Waals surface area (Å²) in [5.74, 6) is -0.223. The summed E-state index contributed by atoms with van der Waals surface area (Å²) in [6.07, 6.45) is 0. The van der Waals surface area contributed by atoms with Crippen LogP contribution in [-0.4, -0.2) is 49.0 Å². The smallest absolute Gasteiger partial charge is 0.399 e. The first-order valence-corrected chi connectivity index (χ1v) is 9.54. The Morgan fingerprint density at radius 1 is 1.12 bits per heavy atom. The van der Waals surface area contributed by atoms with Crippen LogP contribution >= 0.6 is 0 Å². The van der Waals surface area contributed by atoms with Gasteiger partial charge in [-0.3, -0.25) is 4.90 Å². The first-order valence-electron chi connectivity index (χ1n) is 9.54. The van der Waals surface area contributed by atoms with Gasteiger partial charge in [-0.2, -0.15) is 0 Å². The fraction of sp³-hybridized carbons (Fsp3) is 0.700. The number of hydrogen-bond donors (Lipinski definition) is 0. The maximum absolute atomic E-state index is 15.2. The summed E-state index contributed by atoms with van der Waals surface area (Å²) in [6.45, 7) is 16.3. The molecule has 0 N–H and O–H groups in total. The minimum Gasteiger partial charge on any atom is -0.399 e. The van der Waals surface area contributed by atoms with Gasteiger partial charge in [0.05, 0.1) is 30.0 Å². The molecule has 0 saturated carbocycles. The topological polar surface area (TPSA) is 30.9 Å². The van der Waals surface area contributed by atoms with Crippen molar-refractivity contribution in [3.8, 4) is 0 Å². The number of benzene rings is 1. The highest BCUT2D eigenvalue weighted by atomic mass is 19.1. The maximum Gasteiger partial charge on any atom is 0.494 e. The van der Waals surface area contributed by atoms with E-state index in [1.807, 2.05) is 39.8 Å². The lowest BCUT2D eigenvalue weighted by Crippen LogP contribution is -2.62. The molecule has 26 heavy (non-hydrogen) atoms. The number of rotatable bonds is 5. The largest absolute Gasteiger partial charge is 0.494 e. The molecule has 0 atom stereocenters. The van der Waals surface area contributed by atoms with E-state index in [-0.39, 0.29) is 11.4 Å². The Morgan fingerprint density at radius 3 is 2.08 bits per heavy atom. The molecular weight excluding hydrogens is 332 g/mol. The molecule has 0 bridgehead atoms. The second-order valence-corrected chi connectivity index (χ2v) is 8.73. The number of likely N-dealkylation sites (N-methyl/N-ethyl adjacent to an activating group) is 1. The number of ether oxygens (including phenoxy) is 1. The van der Waals surface area contributed by atoms with Crippen molar-refractivity contribution < 1.29 is 18.4 Å². The lowest BCUT2D eigenvalue weighted by Gasteiger charge is -2.51. The van der Waals surface area contributed by atoms with Crippen molar-refractivity contribution >= 4 is 12.6 Å². The van der Waals surface area contributed by atoms with Gasteiger partial charge in [-0.05, 0) is 59.6 Å². The van der Waals surface area contributed by atoms with Gasteiger partial charge >= 0.3 is 7.12 Å². The standard InChI is InChI=1S/C20H31BFNO3/c1-8-23(14(2)3)20(12-24-13-20)16-10-9-15(11-17(16)22)21-25-18(4,5)19(6,7)26-21/h9-11,14H,8,12-13H2,1-7H3. The number of hydrogen-bond acceptors (Lipinski definition) is 4. The van der Waals surface area contributed by atoms with Crippen LogP contribution in [0.4, 0.5) is 4.39 Å². The van der Waals surface area contributed by atoms with Gasteiger partial charge in [0, 0.05) is 11.6 Å². The molecule has 0 aliphatic carbocycles. The van der Waals surface area contributed by atoms with Crippen molar-refractivity contribution in [3.05, 3.63) is 29.6 Å². The number of halogens is 1. The molecule has 2 aliphatic heterocycles. The third-order valence-electron chi connectivity index (χ3n) is 6.22. The highest BCUT2D eigenvalue weighted by molar-refractivity contribution is 6.62. The first kappa shape index (κ1) is 19.8. The van der Waals surface area contributed by atoms with Crippen LogP contribution < -0.4 is 5.46 Å².